The topological polar surface area (TPSA) is 38.5 Å². The minimum Gasteiger partial charge on any atom is -0.378 e. The summed E-state index contributed by atoms with van der Waals surface area (Å²) in [7, 11) is 0. The van der Waals surface area contributed by atoms with E-state index in [1.807, 2.05) is 0 Å². The number of anilines is 1. The Hall–Kier alpha value is -1.06. The molecule has 1 saturated heterocycles. The summed E-state index contributed by atoms with van der Waals surface area (Å²) in [6.07, 6.45) is 0. The number of morpholine rings is 1. The summed E-state index contributed by atoms with van der Waals surface area (Å²) in [5.74, 6) is 0.468. The van der Waals surface area contributed by atoms with Gasteiger partial charge in [-0.2, -0.15) is 0 Å². The molecule has 1 aromatic rings. The maximum Gasteiger partial charge on any atom is 0.0642 e. The Morgan fingerprint density at radius 3 is 2.59 bits per heavy atom. The molecule has 0 amide bonds. The van der Waals surface area contributed by atoms with E-state index in [0.29, 0.717) is 5.92 Å². The lowest BCUT2D eigenvalue weighted by atomic mass is 9.96. The predicted octanol–water partition coefficient (Wildman–Crippen LogP) is 2.18. The first-order chi connectivity index (χ1) is 8.18. The van der Waals surface area contributed by atoms with E-state index in [-0.39, 0.29) is 6.04 Å². The van der Waals surface area contributed by atoms with Crippen LogP contribution in [-0.4, -0.2) is 26.3 Å². The molecule has 17 heavy (non-hydrogen) atoms. The quantitative estimate of drug-likeness (QED) is 0.871. The largest absolute Gasteiger partial charge is 0.378 e. The number of rotatable bonds is 3. The summed E-state index contributed by atoms with van der Waals surface area (Å²) in [4.78, 5) is 2.36. The maximum atomic E-state index is 6.19. The molecular weight excluding hydrogens is 212 g/mol. The van der Waals surface area contributed by atoms with Gasteiger partial charge in [0.2, 0.25) is 0 Å². The molecule has 0 spiro atoms. The van der Waals surface area contributed by atoms with Crippen LogP contribution in [0.4, 0.5) is 5.69 Å². The Balaban J connectivity index is 2.15. The molecule has 1 fully saturated rings. The molecule has 0 radical (unpaired) electrons. The van der Waals surface area contributed by atoms with Crippen molar-refractivity contribution in [3.8, 4) is 0 Å². The molecule has 94 valence electrons. The van der Waals surface area contributed by atoms with Gasteiger partial charge < -0.3 is 15.4 Å². The number of nitrogens with zero attached hydrogens (tertiary/aromatic N) is 1. The first kappa shape index (κ1) is 12.4. The summed E-state index contributed by atoms with van der Waals surface area (Å²) < 4.78 is 5.37. The van der Waals surface area contributed by atoms with E-state index in [0.717, 1.165) is 26.3 Å². The van der Waals surface area contributed by atoms with Crippen molar-refractivity contribution in [1.29, 1.82) is 0 Å². The Labute approximate surface area is 104 Å². The SMILES string of the molecule is CC(C)[C@@H](N)c1cccc(N2CCOCC2)c1. The normalized spacial score (nSPS) is 18.5. The molecule has 2 N–H and O–H groups in total. The van der Waals surface area contributed by atoms with E-state index >= 15 is 0 Å². The second-order valence-corrected chi connectivity index (χ2v) is 4.96. The molecule has 1 aliphatic rings. The van der Waals surface area contributed by atoms with E-state index < -0.39 is 0 Å². The molecule has 3 nitrogen and oxygen atoms in total. The average molecular weight is 234 g/mol. The van der Waals surface area contributed by atoms with Crippen molar-refractivity contribution < 1.29 is 4.74 Å². The number of ether oxygens (including phenoxy) is 1. The van der Waals surface area contributed by atoms with Crippen LogP contribution in [0.25, 0.3) is 0 Å². The van der Waals surface area contributed by atoms with E-state index in [1.54, 1.807) is 0 Å². The van der Waals surface area contributed by atoms with Gasteiger partial charge in [-0.25, -0.2) is 0 Å². The van der Waals surface area contributed by atoms with Gasteiger partial charge >= 0.3 is 0 Å². The van der Waals surface area contributed by atoms with Crippen LogP contribution in [0.3, 0.4) is 0 Å². The van der Waals surface area contributed by atoms with Crippen LogP contribution in [-0.2, 0) is 4.74 Å². The van der Waals surface area contributed by atoms with Gasteiger partial charge in [-0.1, -0.05) is 26.0 Å². The number of hydrogen-bond donors (Lipinski definition) is 1. The van der Waals surface area contributed by atoms with Gasteiger partial charge in [-0.3, -0.25) is 0 Å². The fourth-order valence-corrected chi connectivity index (χ4v) is 2.14. The van der Waals surface area contributed by atoms with Gasteiger partial charge in [0.25, 0.3) is 0 Å². The average Bonchev–Trinajstić information content (AvgIpc) is 2.39. The third-order valence-electron chi connectivity index (χ3n) is 3.35. The fourth-order valence-electron chi connectivity index (χ4n) is 2.14. The summed E-state index contributed by atoms with van der Waals surface area (Å²) in [5, 5.41) is 0. The highest BCUT2D eigenvalue weighted by Crippen LogP contribution is 2.24. The monoisotopic (exact) mass is 234 g/mol. The predicted molar refractivity (Wildman–Crippen MR) is 71.2 cm³/mol. The van der Waals surface area contributed by atoms with Crippen LogP contribution in [0.1, 0.15) is 25.5 Å². The van der Waals surface area contributed by atoms with Crippen LogP contribution in [0.2, 0.25) is 0 Å². The van der Waals surface area contributed by atoms with Gasteiger partial charge in [0.05, 0.1) is 13.2 Å². The second kappa shape index (κ2) is 5.52. The number of hydrogen-bond acceptors (Lipinski definition) is 3. The van der Waals surface area contributed by atoms with Crippen LogP contribution in [0.5, 0.6) is 0 Å². The van der Waals surface area contributed by atoms with Crippen molar-refractivity contribution in [3.63, 3.8) is 0 Å². The van der Waals surface area contributed by atoms with Crippen molar-refractivity contribution >= 4 is 5.69 Å². The standard InChI is InChI=1S/C14H22N2O/c1-11(2)14(15)12-4-3-5-13(10-12)16-6-8-17-9-7-16/h3-5,10-11,14H,6-9,15H2,1-2H3/t14-/m1/s1. The van der Waals surface area contributed by atoms with E-state index in [1.165, 1.54) is 11.3 Å². The van der Waals surface area contributed by atoms with Crippen molar-refractivity contribution in [2.45, 2.75) is 19.9 Å². The minimum atomic E-state index is 0.121. The zero-order chi connectivity index (χ0) is 12.3. The lowest BCUT2D eigenvalue weighted by molar-refractivity contribution is 0.122. The van der Waals surface area contributed by atoms with Crippen LogP contribution >= 0.6 is 0 Å². The zero-order valence-electron chi connectivity index (χ0n) is 10.7. The van der Waals surface area contributed by atoms with E-state index in [9.17, 15) is 0 Å². The van der Waals surface area contributed by atoms with E-state index in [4.69, 9.17) is 10.5 Å². The molecule has 0 saturated carbocycles. The van der Waals surface area contributed by atoms with Crippen molar-refractivity contribution in [2.75, 3.05) is 31.2 Å². The Bertz CT molecular complexity index is 359. The van der Waals surface area contributed by atoms with Crippen LogP contribution in [0.15, 0.2) is 24.3 Å². The van der Waals surface area contributed by atoms with Crippen molar-refractivity contribution in [3.05, 3.63) is 29.8 Å². The van der Waals surface area contributed by atoms with Gasteiger partial charge in [0, 0.05) is 24.8 Å². The highest BCUT2D eigenvalue weighted by Gasteiger charge is 2.14. The second-order valence-electron chi connectivity index (χ2n) is 4.96. The summed E-state index contributed by atoms with van der Waals surface area (Å²) >= 11 is 0. The molecule has 3 heteroatoms. The van der Waals surface area contributed by atoms with E-state index in [2.05, 4.69) is 43.0 Å². The van der Waals surface area contributed by atoms with Gasteiger partial charge in [0.1, 0.15) is 0 Å². The fraction of sp³-hybridized carbons (Fsp3) is 0.571. The third-order valence-corrected chi connectivity index (χ3v) is 3.35. The Morgan fingerprint density at radius 1 is 1.24 bits per heavy atom. The minimum absolute atomic E-state index is 0.121. The molecule has 2 rings (SSSR count). The molecule has 1 aromatic carbocycles. The maximum absolute atomic E-state index is 6.19. The summed E-state index contributed by atoms with van der Waals surface area (Å²) in [5.41, 5.74) is 8.68. The number of nitrogens with two attached hydrogens (primary N) is 1. The zero-order valence-corrected chi connectivity index (χ0v) is 10.7. The first-order valence-corrected chi connectivity index (χ1v) is 6.36. The van der Waals surface area contributed by atoms with Gasteiger partial charge in [0.15, 0.2) is 0 Å². The molecule has 0 unspecified atom stereocenters. The Kier molecular flexibility index (Phi) is 4.02. The summed E-state index contributed by atoms with van der Waals surface area (Å²) in [6.45, 7) is 7.90. The number of benzene rings is 1. The Morgan fingerprint density at radius 2 is 1.94 bits per heavy atom. The van der Waals surface area contributed by atoms with Gasteiger partial charge in [-0.15, -0.1) is 0 Å². The molecule has 1 heterocycles. The molecule has 0 aromatic heterocycles. The molecule has 1 atom stereocenters. The van der Waals surface area contributed by atoms with Crippen molar-refractivity contribution in [1.82, 2.24) is 0 Å². The highest BCUT2D eigenvalue weighted by molar-refractivity contribution is 5.49. The van der Waals surface area contributed by atoms with Crippen LogP contribution in [0, 0.1) is 5.92 Å². The molecule has 0 bridgehead atoms. The van der Waals surface area contributed by atoms with Crippen LogP contribution < -0.4 is 10.6 Å². The smallest absolute Gasteiger partial charge is 0.0642 e. The third kappa shape index (κ3) is 2.99. The molecular formula is C14H22N2O. The highest BCUT2D eigenvalue weighted by atomic mass is 16.5. The van der Waals surface area contributed by atoms with Gasteiger partial charge in [-0.05, 0) is 23.6 Å². The lowest BCUT2D eigenvalue weighted by Gasteiger charge is -2.29. The summed E-state index contributed by atoms with van der Waals surface area (Å²) in [6, 6.07) is 8.71. The van der Waals surface area contributed by atoms with Crippen molar-refractivity contribution in [2.24, 2.45) is 11.7 Å². The first-order valence-electron chi connectivity index (χ1n) is 6.36. The molecule has 1 aliphatic heterocycles. The lowest BCUT2D eigenvalue weighted by Crippen LogP contribution is -2.36. The molecule has 0 aliphatic carbocycles.